The van der Waals surface area contributed by atoms with Crippen molar-refractivity contribution >= 4 is 5.91 Å². The molecule has 0 radical (unpaired) electrons. The van der Waals surface area contributed by atoms with Crippen molar-refractivity contribution < 1.29 is 9.18 Å². The van der Waals surface area contributed by atoms with Crippen LogP contribution in [0.25, 0.3) is 0 Å². The highest BCUT2D eigenvalue weighted by Crippen LogP contribution is 2.31. The van der Waals surface area contributed by atoms with Gasteiger partial charge in [-0.1, -0.05) is 12.1 Å². The monoisotopic (exact) mass is 284 g/mol. The van der Waals surface area contributed by atoms with E-state index < -0.39 is 0 Å². The molecule has 1 amide bonds. The van der Waals surface area contributed by atoms with Gasteiger partial charge < -0.3 is 4.90 Å². The average molecular weight is 284 g/mol. The summed E-state index contributed by atoms with van der Waals surface area (Å²) >= 11 is 0. The highest BCUT2D eigenvalue weighted by molar-refractivity contribution is 5.79. The number of rotatable bonds is 3. The number of pyridine rings is 1. The molecule has 1 aromatic heterocycles. The summed E-state index contributed by atoms with van der Waals surface area (Å²) in [6.45, 7) is 0.785. The zero-order chi connectivity index (χ0) is 14.7. The number of carbonyl (C=O) groups excluding carboxylic acids is 1. The standard InChI is InChI=1S/C17H17FN2O/c18-15-5-3-13(4-6-15)12-17(21)20-11-1-2-16(20)14-7-9-19-10-8-14/h3-10,16H,1-2,11-12H2. The van der Waals surface area contributed by atoms with Crippen molar-refractivity contribution in [1.82, 2.24) is 9.88 Å². The lowest BCUT2D eigenvalue weighted by atomic mass is 10.1. The lowest BCUT2D eigenvalue weighted by Crippen LogP contribution is -2.31. The van der Waals surface area contributed by atoms with E-state index in [0.29, 0.717) is 6.42 Å². The average Bonchev–Trinajstić information content (AvgIpc) is 3.00. The maximum Gasteiger partial charge on any atom is 0.227 e. The topological polar surface area (TPSA) is 33.2 Å². The maximum atomic E-state index is 12.9. The van der Waals surface area contributed by atoms with Crippen molar-refractivity contribution in [3.05, 3.63) is 65.7 Å². The fraction of sp³-hybridized carbons (Fsp3) is 0.294. The van der Waals surface area contributed by atoms with Gasteiger partial charge in [-0.3, -0.25) is 9.78 Å². The zero-order valence-corrected chi connectivity index (χ0v) is 11.7. The molecule has 0 N–H and O–H groups in total. The van der Waals surface area contributed by atoms with Crippen LogP contribution < -0.4 is 0 Å². The molecule has 0 aliphatic carbocycles. The first-order valence-electron chi connectivity index (χ1n) is 7.18. The molecule has 1 aliphatic heterocycles. The number of halogens is 1. The van der Waals surface area contributed by atoms with E-state index >= 15 is 0 Å². The summed E-state index contributed by atoms with van der Waals surface area (Å²) < 4.78 is 12.9. The Hall–Kier alpha value is -2.23. The predicted molar refractivity (Wildman–Crippen MR) is 78.0 cm³/mol. The number of likely N-dealkylation sites (tertiary alicyclic amines) is 1. The van der Waals surface area contributed by atoms with Gasteiger partial charge >= 0.3 is 0 Å². The molecular formula is C17H17FN2O. The third-order valence-corrected chi connectivity index (χ3v) is 3.93. The van der Waals surface area contributed by atoms with Crippen molar-refractivity contribution in [1.29, 1.82) is 0 Å². The quantitative estimate of drug-likeness (QED) is 0.867. The molecule has 1 atom stereocenters. The van der Waals surface area contributed by atoms with Crippen LogP contribution in [0.15, 0.2) is 48.8 Å². The van der Waals surface area contributed by atoms with Crippen molar-refractivity contribution in [3.8, 4) is 0 Å². The Labute approximate surface area is 123 Å². The zero-order valence-electron chi connectivity index (χ0n) is 11.7. The van der Waals surface area contributed by atoms with Crippen LogP contribution in [0.3, 0.4) is 0 Å². The minimum atomic E-state index is -0.276. The first-order valence-corrected chi connectivity index (χ1v) is 7.18. The molecule has 3 rings (SSSR count). The van der Waals surface area contributed by atoms with Crippen molar-refractivity contribution in [2.45, 2.75) is 25.3 Å². The van der Waals surface area contributed by atoms with Crippen LogP contribution in [0, 0.1) is 5.82 Å². The number of hydrogen-bond donors (Lipinski definition) is 0. The molecular weight excluding hydrogens is 267 g/mol. The van der Waals surface area contributed by atoms with Gasteiger partial charge in [0.1, 0.15) is 5.82 Å². The van der Waals surface area contributed by atoms with Gasteiger partial charge in [0, 0.05) is 18.9 Å². The molecule has 3 nitrogen and oxygen atoms in total. The first kappa shape index (κ1) is 13.7. The Morgan fingerprint density at radius 2 is 1.90 bits per heavy atom. The molecule has 1 aliphatic rings. The molecule has 1 fully saturated rings. The van der Waals surface area contributed by atoms with E-state index in [1.807, 2.05) is 17.0 Å². The number of nitrogens with zero attached hydrogens (tertiary/aromatic N) is 2. The number of amides is 1. The smallest absolute Gasteiger partial charge is 0.227 e. The van der Waals surface area contributed by atoms with E-state index in [2.05, 4.69) is 4.98 Å². The number of benzene rings is 1. The molecule has 0 saturated carbocycles. The van der Waals surface area contributed by atoms with E-state index in [4.69, 9.17) is 0 Å². The number of hydrogen-bond acceptors (Lipinski definition) is 2. The third-order valence-electron chi connectivity index (χ3n) is 3.93. The van der Waals surface area contributed by atoms with Crippen LogP contribution in [0.4, 0.5) is 4.39 Å². The van der Waals surface area contributed by atoms with Crippen molar-refractivity contribution in [2.24, 2.45) is 0 Å². The lowest BCUT2D eigenvalue weighted by molar-refractivity contribution is -0.131. The third kappa shape index (κ3) is 3.10. The minimum absolute atomic E-state index is 0.0981. The largest absolute Gasteiger partial charge is 0.335 e. The van der Waals surface area contributed by atoms with E-state index in [1.165, 1.54) is 12.1 Å². The fourth-order valence-corrected chi connectivity index (χ4v) is 2.88. The lowest BCUT2D eigenvalue weighted by Gasteiger charge is -2.25. The summed E-state index contributed by atoms with van der Waals surface area (Å²) in [6, 6.07) is 10.2. The second-order valence-electron chi connectivity index (χ2n) is 5.33. The van der Waals surface area contributed by atoms with Gasteiger partial charge in [-0.2, -0.15) is 0 Å². The summed E-state index contributed by atoms with van der Waals surface area (Å²) in [5, 5.41) is 0. The minimum Gasteiger partial charge on any atom is -0.335 e. The summed E-state index contributed by atoms with van der Waals surface area (Å²) in [5.41, 5.74) is 1.98. The Morgan fingerprint density at radius 3 is 2.62 bits per heavy atom. The van der Waals surface area contributed by atoms with Crippen LogP contribution in [-0.2, 0) is 11.2 Å². The van der Waals surface area contributed by atoms with Crippen LogP contribution in [0.5, 0.6) is 0 Å². The Morgan fingerprint density at radius 1 is 1.19 bits per heavy atom. The van der Waals surface area contributed by atoms with Crippen LogP contribution in [0.2, 0.25) is 0 Å². The van der Waals surface area contributed by atoms with E-state index in [9.17, 15) is 9.18 Å². The molecule has 21 heavy (non-hydrogen) atoms. The summed E-state index contributed by atoms with van der Waals surface area (Å²) in [4.78, 5) is 18.5. The molecule has 1 saturated heterocycles. The summed E-state index contributed by atoms with van der Waals surface area (Å²) in [6.07, 6.45) is 5.84. The van der Waals surface area contributed by atoms with Crippen molar-refractivity contribution in [3.63, 3.8) is 0 Å². The normalized spacial score (nSPS) is 18.0. The number of carbonyl (C=O) groups is 1. The second kappa shape index (κ2) is 6.04. The predicted octanol–water partition coefficient (Wildman–Crippen LogP) is 3.13. The van der Waals surface area contributed by atoms with Gasteiger partial charge in [-0.05, 0) is 48.2 Å². The molecule has 1 unspecified atom stereocenters. The molecule has 0 spiro atoms. The Bertz CT molecular complexity index is 612. The van der Waals surface area contributed by atoms with Crippen LogP contribution in [0.1, 0.15) is 30.0 Å². The Kier molecular flexibility index (Phi) is 3.95. The maximum absolute atomic E-state index is 12.9. The highest BCUT2D eigenvalue weighted by atomic mass is 19.1. The van der Waals surface area contributed by atoms with E-state index in [-0.39, 0.29) is 17.8 Å². The first-order chi connectivity index (χ1) is 10.2. The number of aromatic nitrogens is 1. The van der Waals surface area contributed by atoms with E-state index in [0.717, 1.165) is 30.5 Å². The van der Waals surface area contributed by atoms with Gasteiger partial charge in [-0.25, -0.2) is 4.39 Å². The molecule has 2 aromatic rings. The SMILES string of the molecule is O=C(Cc1ccc(F)cc1)N1CCCC1c1ccncc1. The van der Waals surface area contributed by atoms with Gasteiger partial charge in [0.15, 0.2) is 0 Å². The molecule has 1 aromatic carbocycles. The van der Waals surface area contributed by atoms with E-state index in [1.54, 1.807) is 24.5 Å². The highest BCUT2D eigenvalue weighted by Gasteiger charge is 2.29. The van der Waals surface area contributed by atoms with Crippen LogP contribution in [-0.4, -0.2) is 22.3 Å². The fourth-order valence-electron chi connectivity index (χ4n) is 2.88. The second-order valence-corrected chi connectivity index (χ2v) is 5.33. The molecule has 108 valence electrons. The van der Waals surface area contributed by atoms with Gasteiger partial charge in [0.2, 0.25) is 5.91 Å². The summed E-state index contributed by atoms with van der Waals surface area (Å²) in [5.74, 6) is -0.178. The van der Waals surface area contributed by atoms with Gasteiger partial charge in [0.05, 0.1) is 12.5 Å². The molecule has 4 heteroatoms. The van der Waals surface area contributed by atoms with Crippen LogP contribution >= 0.6 is 0 Å². The van der Waals surface area contributed by atoms with Gasteiger partial charge in [0.25, 0.3) is 0 Å². The van der Waals surface area contributed by atoms with Gasteiger partial charge in [-0.15, -0.1) is 0 Å². The summed E-state index contributed by atoms with van der Waals surface area (Å²) in [7, 11) is 0. The molecule has 0 bridgehead atoms. The molecule has 2 heterocycles. The Balaban J connectivity index is 1.73. The van der Waals surface area contributed by atoms with Crippen molar-refractivity contribution in [2.75, 3.05) is 6.54 Å².